The lowest BCUT2D eigenvalue weighted by atomic mass is 10.1. The molecule has 1 aromatic rings. The molecule has 0 saturated carbocycles. The van der Waals surface area contributed by atoms with Crippen LogP contribution in [0.5, 0.6) is 0 Å². The van der Waals surface area contributed by atoms with Crippen LogP contribution in [0.25, 0.3) is 6.08 Å². The van der Waals surface area contributed by atoms with Crippen molar-refractivity contribution in [3.8, 4) is 0 Å². The van der Waals surface area contributed by atoms with Crippen molar-refractivity contribution in [1.82, 2.24) is 0 Å². The fraction of sp³-hybridized carbons (Fsp3) is 0. The van der Waals surface area contributed by atoms with E-state index >= 15 is 0 Å². The number of carbonyl (C=O) groups is 2. The maximum Gasteiger partial charge on any atom is 0.336 e. The van der Waals surface area contributed by atoms with E-state index in [0.717, 1.165) is 6.08 Å². The average Bonchev–Trinajstić information content (AvgIpc) is 2.14. The standard InChI is InChI=1S/C10H7ClO4/c11-7-2-3-8(10(14)15)6(5-7)1-4-9(12)13/h1-5H,(H,12,13)(H,14,15)/b4-1+. The van der Waals surface area contributed by atoms with Crippen molar-refractivity contribution in [2.24, 2.45) is 0 Å². The molecule has 1 aromatic carbocycles. The third-order valence-electron chi connectivity index (χ3n) is 1.65. The number of halogens is 1. The Kier molecular flexibility index (Phi) is 3.46. The summed E-state index contributed by atoms with van der Waals surface area (Å²) >= 11 is 5.66. The Balaban J connectivity index is 3.18. The Hall–Kier alpha value is -1.81. The summed E-state index contributed by atoms with van der Waals surface area (Å²) in [6.07, 6.45) is 2.05. The topological polar surface area (TPSA) is 74.6 Å². The molecule has 0 amide bonds. The van der Waals surface area contributed by atoms with Crippen LogP contribution in [-0.2, 0) is 4.79 Å². The molecule has 0 aromatic heterocycles. The second-order valence-corrected chi connectivity index (χ2v) is 3.14. The Morgan fingerprint density at radius 3 is 2.47 bits per heavy atom. The van der Waals surface area contributed by atoms with Crippen molar-refractivity contribution in [1.29, 1.82) is 0 Å². The van der Waals surface area contributed by atoms with Crippen LogP contribution < -0.4 is 0 Å². The maximum absolute atomic E-state index is 10.8. The van der Waals surface area contributed by atoms with Gasteiger partial charge in [-0.05, 0) is 29.8 Å². The van der Waals surface area contributed by atoms with Crippen molar-refractivity contribution in [2.45, 2.75) is 0 Å². The van der Waals surface area contributed by atoms with E-state index in [9.17, 15) is 9.59 Å². The van der Waals surface area contributed by atoms with Crippen LogP contribution in [-0.4, -0.2) is 22.2 Å². The minimum absolute atomic E-state index is 0.0110. The normalized spacial score (nSPS) is 10.5. The Labute approximate surface area is 90.4 Å². The summed E-state index contributed by atoms with van der Waals surface area (Å²) in [5.41, 5.74) is 0.273. The number of carboxylic acid groups (broad SMARTS) is 2. The SMILES string of the molecule is O=C(O)/C=C/c1cc(Cl)ccc1C(=O)O. The van der Waals surface area contributed by atoms with Gasteiger partial charge in [0.1, 0.15) is 0 Å². The molecule has 0 heterocycles. The van der Waals surface area contributed by atoms with Gasteiger partial charge in [0, 0.05) is 11.1 Å². The van der Waals surface area contributed by atoms with Crippen molar-refractivity contribution in [2.75, 3.05) is 0 Å². The largest absolute Gasteiger partial charge is 0.478 e. The predicted octanol–water partition coefficient (Wildman–Crippen LogP) is 2.14. The van der Waals surface area contributed by atoms with E-state index in [-0.39, 0.29) is 11.1 Å². The summed E-state index contributed by atoms with van der Waals surface area (Å²) in [6.45, 7) is 0. The third kappa shape index (κ3) is 3.11. The number of benzene rings is 1. The van der Waals surface area contributed by atoms with Crippen LogP contribution in [0.2, 0.25) is 5.02 Å². The molecule has 15 heavy (non-hydrogen) atoms. The zero-order chi connectivity index (χ0) is 11.4. The predicted molar refractivity (Wildman–Crippen MR) is 55.1 cm³/mol. The molecule has 0 atom stereocenters. The lowest BCUT2D eigenvalue weighted by Crippen LogP contribution is -1.99. The van der Waals surface area contributed by atoms with E-state index in [2.05, 4.69) is 0 Å². The van der Waals surface area contributed by atoms with Crippen LogP contribution in [0.15, 0.2) is 24.3 Å². The smallest absolute Gasteiger partial charge is 0.336 e. The first-order valence-corrected chi connectivity index (χ1v) is 4.32. The highest BCUT2D eigenvalue weighted by molar-refractivity contribution is 6.30. The van der Waals surface area contributed by atoms with E-state index in [1.54, 1.807) is 0 Å². The molecule has 0 bridgehead atoms. The van der Waals surface area contributed by atoms with Crippen LogP contribution in [0, 0.1) is 0 Å². The molecule has 4 nitrogen and oxygen atoms in total. The van der Waals surface area contributed by atoms with Crippen LogP contribution in [0.1, 0.15) is 15.9 Å². The molecule has 0 unspecified atom stereocenters. The zero-order valence-corrected chi connectivity index (χ0v) is 8.23. The lowest BCUT2D eigenvalue weighted by Gasteiger charge is -2.00. The minimum atomic E-state index is -1.15. The second-order valence-electron chi connectivity index (χ2n) is 2.71. The average molecular weight is 227 g/mol. The lowest BCUT2D eigenvalue weighted by molar-refractivity contribution is -0.131. The molecule has 0 aliphatic carbocycles. The Bertz CT molecular complexity index is 437. The fourth-order valence-corrected chi connectivity index (χ4v) is 1.21. The molecule has 0 saturated heterocycles. The summed E-state index contributed by atoms with van der Waals surface area (Å²) in [7, 11) is 0. The van der Waals surface area contributed by atoms with Gasteiger partial charge in [-0.15, -0.1) is 0 Å². The summed E-state index contributed by atoms with van der Waals surface area (Å²) in [5, 5.41) is 17.6. The van der Waals surface area contributed by atoms with Gasteiger partial charge in [-0.25, -0.2) is 9.59 Å². The van der Waals surface area contributed by atoms with Gasteiger partial charge in [-0.3, -0.25) is 0 Å². The van der Waals surface area contributed by atoms with E-state index in [0.29, 0.717) is 5.02 Å². The van der Waals surface area contributed by atoms with Crippen molar-refractivity contribution in [3.05, 3.63) is 40.4 Å². The maximum atomic E-state index is 10.8. The molecule has 0 aliphatic heterocycles. The summed E-state index contributed by atoms with van der Waals surface area (Å²) in [6, 6.07) is 4.15. The Morgan fingerprint density at radius 1 is 1.27 bits per heavy atom. The number of aliphatic carboxylic acids is 1. The van der Waals surface area contributed by atoms with E-state index in [4.69, 9.17) is 21.8 Å². The molecule has 2 N–H and O–H groups in total. The minimum Gasteiger partial charge on any atom is -0.478 e. The monoisotopic (exact) mass is 226 g/mol. The Morgan fingerprint density at radius 2 is 1.93 bits per heavy atom. The van der Waals surface area contributed by atoms with Gasteiger partial charge in [-0.2, -0.15) is 0 Å². The highest BCUT2D eigenvalue weighted by Crippen LogP contribution is 2.17. The molecule has 78 valence electrons. The van der Waals surface area contributed by atoms with Crippen molar-refractivity contribution in [3.63, 3.8) is 0 Å². The molecule has 0 aliphatic rings. The first-order valence-electron chi connectivity index (χ1n) is 3.94. The van der Waals surface area contributed by atoms with E-state index in [1.807, 2.05) is 0 Å². The number of rotatable bonds is 3. The van der Waals surface area contributed by atoms with Gasteiger partial charge in [0.2, 0.25) is 0 Å². The van der Waals surface area contributed by atoms with Gasteiger partial charge in [-0.1, -0.05) is 11.6 Å². The summed E-state index contributed by atoms with van der Waals surface area (Å²) in [4.78, 5) is 21.0. The zero-order valence-electron chi connectivity index (χ0n) is 7.48. The molecule has 5 heteroatoms. The number of aromatic carboxylic acids is 1. The van der Waals surface area contributed by atoms with E-state index in [1.165, 1.54) is 24.3 Å². The second kappa shape index (κ2) is 4.61. The van der Waals surface area contributed by atoms with Crippen LogP contribution >= 0.6 is 11.6 Å². The van der Waals surface area contributed by atoms with Crippen molar-refractivity contribution >= 4 is 29.6 Å². The van der Waals surface area contributed by atoms with Crippen LogP contribution in [0.3, 0.4) is 0 Å². The molecule has 0 spiro atoms. The van der Waals surface area contributed by atoms with Gasteiger partial charge in [0.05, 0.1) is 5.56 Å². The third-order valence-corrected chi connectivity index (χ3v) is 1.88. The number of carboxylic acids is 2. The molecule has 0 fully saturated rings. The number of hydrogen-bond donors (Lipinski definition) is 2. The van der Waals surface area contributed by atoms with Gasteiger partial charge in [0.25, 0.3) is 0 Å². The highest BCUT2D eigenvalue weighted by Gasteiger charge is 2.08. The summed E-state index contributed by atoms with van der Waals surface area (Å²) in [5.74, 6) is -2.27. The molecular weight excluding hydrogens is 220 g/mol. The van der Waals surface area contributed by atoms with Crippen molar-refractivity contribution < 1.29 is 19.8 Å². The number of hydrogen-bond acceptors (Lipinski definition) is 2. The van der Waals surface area contributed by atoms with Crippen LogP contribution in [0.4, 0.5) is 0 Å². The van der Waals surface area contributed by atoms with E-state index < -0.39 is 11.9 Å². The highest BCUT2D eigenvalue weighted by atomic mass is 35.5. The quantitative estimate of drug-likeness (QED) is 0.775. The molecular formula is C10H7ClO4. The molecule has 0 radical (unpaired) electrons. The molecule has 1 rings (SSSR count). The van der Waals surface area contributed by atoms with Gasteiger partial charge < -0.3 is 10.2 Å². The summed E-state index contributed by atoms with van der Waals surface area (Å²) < 4.78 is 0. The first-order chi connectivity index (χ1) is 7.00. The van der Waals surface area contributed by atoms with Gasteiger partial charge >= 0.3 is 11.9 Å². The van der Waals surface area contributed by atoms with Gasteiger partial charge in [0.15, 0.2) is 0 Å². The first kappa shape index (κ1) is 11.3. The fourth-order valence-electron chi connectivity index (χ4n) is 1.03.